The maximum absolute atomic E-state index is 8.92. The van der Waals surface area contributed by atoms with Crippen LogP contribution in [-0.2, 0) is 6.42 Å². The number of nitriles is 1. The number of hydrogen-bond donors (Lipinski definition) is 1. The minimum absolute atomic E-state index is 0.230. The number of anilines is 1. The minimum atomic E-state index is 0.230. The van der Waals surface area contributed by atoms with Gasteiger partial charge in [0, 0.05) is 6.42 Å². The Bertz CT molecular complexity index is 623. The van der Waals surface area contributed by atoms with Crippen LogP contribution in [0.15, 0.2) is 24.3 Å². The lowest BCUT2D eigenvalue weighted by Gasteiger charge is -2.06. The predicted octanol–water partition coefficient (Wildman–Crippen LogP) is 1.84. The molecule has 0 saturated carbocycles. The molecular weight excluding hydrogens is 240 g/mol. The van der Waals surface area contributed by atoms with Gasteiger partial charge in [0.25, 0.3) is 0 Å². The Morgan fingerprint density at radius 1 is 1.37 bits per heavy atom. The average molecular weight is 254 g/mol. The molecule has 1 aromatic heterocycles. The largest absolute Gasteiger partial charge is 0.497 e. The van der Waals surface area contributed by atoms with Crippen LogP contribution in [0.1, 0.15) is 22.6 Å². The van der Waals surface area contributed by atoms with E-state index in [0.717, 1.165) is 11.3 Å². The van der Waals surface area contributed by atoms with Crippen LogP contribution >= 0.6 is 0 Å². The first-order valence-corrected chi connectivity index (χ1v) is 5.80. The number of aryl methyl sites for hydroxylation is 1. The molecule has 0 unspecified atom stereocenters. The van der Waals surface area contributed by atoms with Crippen LogP contribution in [0.2, 0.25) is 0 Å². The fourth-order valence-corrected chi connectivity index (χ4v) is 1.84. The molecule has 5 heteroatoms. The molecule has 5 nitrogen and oxygen atoms in total. The van der Waals surface area contributed by atoms with E-state index >= 15 is 0 Å². The van der Waals surface area contributed by atoms with Crippen molar-refractivity contribution in [3.05, 3.63) is 46.9 Å². The quantitative estimate of drug-likeness (QED) is 0.903. The zero-order valence-corrected chi connectivity index (χ0v) is 10.8. The van der Waals surface area contributed by atoms with Crippen molar-refractivity contribution in [2.24, 2.45) is 0 Å². The van der Waals surface area contributed by atoms with Crippen molar-refractivity contribution in [3.63, 3.8) is 0 Å². The fourth-order valence-electron chi connectivity index (χ4n) is 1.84. The minimum Gasteiger partial charge on any atom is -0.497 e. The van der Waals surface area contributed by atoms with Gasteiger partial charge >= 0.3 is 0 Å². The third-order valence-electron chi connectivity index (χ3n) is 2.77. The van der Waals surface area contributed by atoms with E-state index < -0.39 is 0 Å². The number of hydrogen-bond acceptors (Lipinski definition) is 5. The molecule has 0 aliphatic rings. The number of ether oxygens (including phenoxy) is 1. The predicted molar refractivity (Wildman–Crippen MR) is 71.7 cm³/mol. The van der Waals surface area contributed by atoms with Crippen LogP contribution in [0.4, 0.5) is 5.82 Å². The van der Waals surface area contributed by atoms with Crippen molar-refractivity contribution in [2.45, 2.75) is 13.3 Å². The van der Waals surface area contributed by atoms with Crippen LogP contribution in [0, 0.1) is 18.3 Å². The van der Waals surface area contributed by atoms with Gasteiger partial charge in [0.15, 0.2) is 0 Å². The highest BCUT2D eigenvalue weighted by Crippen LogP contribution is 2.17. The second-order valence-electron chi connectivity index (χ2n) is 4.13. The molecule has 0 aliphatic heterocycles. The molecule has 2 N–H and O–H groups in total. The van der Waals surface area contributed by atoms with Gasteiger partial charge in [-0.3, -0.25) is 0 Å². The van der Waals surface area contributed by atoms with E-state index in [1.54, 1.807) is 14.0 Å². The molecule has 0 amide bonds. The molecule has 0 atom stereocenters. The number of nitrogens with zero attached hydrogens (tertiary/aromatic N) is 3. The Kier molecular flexibility index (Phi) is 3.62. The van der Waals surface area contributed by atoms with Gasteiger partial charge in [0.05, 0.1) is 12.8 Å². The van der Waals surface area contributed by atoms with Gasteiger partial charge in [-0.2, -0.15) is 5.26 Å². The van der Waals surface area contributed by atoms with Crippen molar-refractivity contribution < 1.29 is 4.74 Å². The molecule has 1 heterocycles. The van der Waals surface area contributed by atoms with Gasteiger partial charge in [-0.15, -0.1) is 0 Å². The van der Waals surface area contributed by atoms with Gasteiger partial charge in [0.1, 0.15) is 29.0 Å². The van der Waals surface area contributed by atoms with Crippen LogP contribution in [0.25, 0.3) is 0 Å². The molecule has 96 valence electrons. The molecule has 19 heavy (non-hydrogen) atoms. The zero-order chi connectivity index (χ0) is 13.8. The second-order valence-corrected chi connectivity index (χ2v) is 4.13. The van der Waals surface area contributed by atoms with Crippen molar-refractivity contribution in [3.8, 4) is 11.8 Å². The topological polar surface area (TPSA) is 84.8 Å². The molecule has 0 aliphatic carbocycles. The number of methoxy groups -OCH3 is 1. The number of benzene rings is 1. The van der Waals surface area contributed by atoms with E-state index in [9.17, 15) is 0 Å². The Morgan fingerprint density at radius 2 is 2.16 bits per heavy atom. The van der Waals surface area contributed by atoms with Gasteiger partial charge < -0.3 is 10.5 Å². The summed E-state index contributed by atoms with van der Waals surface area (Å²) in [6.07, 6.45) is 0.550. The van der Waals surface area contributed by atoms with E-state index in [0.29, 0.717) is 23.5 Å². The fraction of sp³-hybridized carbons (Fsp3) is 0.214. The average Bonchev–Trinajstić information content (AvgIpc) is 2.38. The molecule has 2 aromatic rings. The number of aromatic nitrogens is 2. The Hall–Kier alpha value is -2.61. The third-order valence-corrected chi connectivity index (χ3v) is 2.77. The lowest BCUT2D eigenvalue weighted by molar-refractivity contribution is 0.414. The number of nitrogen functional groups attached to an aromatic ring is 1. The van der Waals surface area contributed by atoms with E-state index in [2.05, 4.69) is 9.97 Å². The summed E-state index contributed by atoms with van der Waals surface area (Å²) in [4.78, 5) is 8.46. The van der Waals surface area contributed by atoms with Crippen molar-refractivity contribution in [1.29, 1.82) is 5.26 Å². The molecule has 0 bridgehead atoms. The van der Waals surface area contributed by atoms with E-state index in [1.807, 2.05) is 30.3 Å². The molecule has 0 spiro atoms. The lowest BCUT2D eigenvalue weighted by Crippen LogP contribution is -2.06. The molecule has 0 saturated heterocycles. The second kappa shape index (κ2) is 5.36. The van der Waals surface area contributed by atoms with Crippen LogP contribution in [0.5, 0.6) is 5.75 Å². The summed E-state index contributed by atoms with van der Waals surface area (Å²) >= 11 is 0. The summed E-state index contributed by atoms with van der Waals surface area (Å²) in [5, 5.41) is 8.92. The standard InChI is InChI=1S/C14H14N4O/c1-9-12(8-15)14(16)18-13(17-9)7-10-4-3-5-11(6-10)19-2/h3-6H,7H2,1-2H3,(H2,16,17,18). The normalized spacial score (nSPS) is 9.95. The van der Waals surface area contributed by atoms with E-state index in [-0.39, 0.29) is 5.82 Å². The first kappa shape index (κ1) is 12.8. The Morgan fingerprint density at radius 3 is 2.79 bits per heavy atom. The lowest BCUT2D eigenvalue weighted by atomic mass is 10.1. The smallest absolute Gasteiger partial charge is 0.145 e. The third kappa shape index (κ3) is 2.80. The molecule has 0 fully saturated rings. The summed E-state index contributed by atoms with van der Waals surface area (Å²) in [7, 11) is 1.62. The first-order valence-electron chi connectivity index (χ1n) is 5.80. The maximum atomic E-state index is 8.92. The molecule has 1 aromatic carbocycles. The maximum Gasteiger partial charge on any atom is 0.145 e. The van der Waals surface area contributed by atoms with Crippen molar-refractivity contribution >= 4 is 5.82 Å². The van der Waals surface area contributed by atoms with Gasteiger partial charge in [-0.25, -0.2) is 9.97 Å². The van der Waals surface area contributed by atoms with E-state index in [1.165, 1.54) is 0 Å². The van der Waals surface area contributed by atoms with Gasteiger partial charge in [0.2, 0.25) is 0 Å². The van der Waals surface area contributed by atoms with Crippen LogP contribution in [-0.4, -0.2) is 17.1 Å². The Balaban J connectivity index is 2.31. The van der Waals surface area contributed by atoms with E-state index in [4.69, 9.17) is 15.7 Å². The van der Waals surface area contributed by atoms with Crippen molar-refractivity contribution in [1.82, 2.24) is 9.97 Å². The van der Waals surface area contributed by atoms with Crippen molar-refractivity contribution in [2.75, 3.05) is 12.8 Å². The van der Waals surface area contributed by atoms with Gasteiger partial charge in [-0.05, 0) is 24.6 Å². The summed E-state index contributed by atoms with van der Waals surface area (Å²) < 4.78 is 5.17. The summed E-state index contributed by atoms with van der Waals surface area (Å²) in [6, 6.07) is 9.68. The summed E-state index contributed by atoms with van der Waals surface area (Å²) in [6.45, 7) is 1.76. The van der Waals surface area contributed by atoms with Gasteiger partial charge in [-0.1, -0.05) is 12.1 Å². The first-order chi connectivity index (χ1) is 9.13. The molecule has 0 radical (unpaired) electrons. The number of rotatable bonds is 3. The number of nitrogens with two attached hydrogens (primary N) is 1. The Labute approximate surface area is 111 Å². The zero-order valence-electron chi connectivity index (χ0n) is 10.8. The molecular formula is C14H14N4O. The molecule has 2 rings (SSSR count). The summed E-state index contributed by atoms with van der Waals surface area (Å²) in [5.41, 5.74) is 7.72. The van der Waals surface area contributed by atoms with Crippen LogP contribution in [0.3, 0.4) is 0 Å². The highest BCUT2D eigenvalue weighted by Gasteiger charge is 2.09. The SMILES string of the molecule is COc1cccc(Cc2nc(C)c(C#N)c(N)n2)c1. The monoisotopic (exact) mass is 254 g/mol. The highest BCUT2D eigenvalue weighted by molar-refractivity contribution is 5.50. The summed E-state index contributed by atoms with van der Waals surface area (Å²) in [5.74, 6) is 1.62. The highest BCUT2D eigenvalue weighted by atomic mass is 16.5. The van der Waals surface area contributed by atoms with Crippen LogP contribution < -0.4 is 10.5 Å².